The van der Waals surface area contributed by atoms with Crippen molar-refractivity contribution in [2.45, 2.75) is 6.92 Å². The van der Waals surface area contributed by atoms with Gasteiger partial charge < -0.3 is 4.57 Å². The molecule has 0 aliphatic carbocycles. The van der Waals surface area contributed by atoms with E-state index >= 15 is 0 Å². The minimum absolute atomic E-state index is 0.0689. The van der Waals surface area contributed by atoms with Crippen molar-refractivity contribution in [1.29, 1.82) is 0 Å². The van der Waals surface area contributed by atoms with E-state index in [0.29, 0.717) is 0 Å². The standard InChI is InChI=1S/C6H8N2O/c1-5-4-8(2)6(9)3-7-5/h3-4H,1-2H3. The molecule has 0 unspecified atom stereocenters. The average molecular weight is 124 g/mol. The first kappa shape index (κ1) is 6.01. The molecule has 0 saturated carbocycles. The van der Waals surface area contributed by atoms with Gasteiger partial charge in [0.2, 0.25) is 0 Å². The number of nitrogens with zero attached hydrogens (tertiary/aromatic N) is 2. The highest BCUT2D eigenvalue weighted by Gasteiger charge is 1.87. The summed E-state index contributed by atoms with van der Waals surface area (Å²) >= 11 is 0. The van der Waals surface area contributed by atoms with Crippen molar-refractivity contribution in [2.24, 2.45) is 7.05 Å². The highest BCUT2D eigenvalue weighted by molar-refractivity contribution is 4.92. The van der Waals surface area contributed by atoms with E-state index in [9.17, 15) is 4.79 Å². The fraction of sp³-hybridized carbons (Fsp3) is 0.333. The maximum Gasteiger partial charge on any atom is 0.268 e. The van der Waals surface area contributed by atoms with Crippen molar-refractivity contribution in [1.82, 2.24) is 9.55 Å². The summed E-state index contributed by atoms with van der Waals surface area (Å²) in [6.07, 6.45) is 3.01. The minimum Gasteiger partial charge on any atom is -0.315 e. The maximum absolute atomic E-state index is 10.7. The zero-order valence-corrected chi connectivity index (χ0v) is 5.46. The van der Waals surface area contributed by atoms with E-state index in [2.05, 4.69) is 4.98 Å². The summed E-state index contributed by atoms with van der Waals surface area (Å²) < 4.78 is 1.50. The normalized spacial score (nSPS) is 9.56. The number of aryl methyl sites for hydroxylation is 2. The molecule has 1 rings (SSSR count). The van der Waals surface area contributed by atoms with Gasteiger partial charge in [-0.25, -0.2) is 0 Å². The molecule has 0 amide bonds. The molecule has 1 heterocycles. The van der Waals surface area contributed by atoms with Gasteiger partial charge in [-0.2, -0.15) is 0 Å². The number of rotatable bonds is 0. The third-order valence-corrected chi connectivity index (χ3v) is 1.11. The molecule has 1 aromatic rings. The summed E-state index contributed by atoms with van der Waals surface area (Å²) in [4.78, 5) is 14.5. The molecule has 0 aliphatic heterocycles. The lowest BCUT2D eigenvalue weighted by atomic mass is 10.5. The topological polar surface area (TPSA) is 34.9 Å². The fourth-order valence-corrected chi connectivity index (χ4v) is 0.625. The molecule has 0 N–H and O–H groups in total. The lowest BCUT2D eigenvalue weighted by molar-refractivity contribution is 0.826. The van der Waals surface area contributed by atoms with Crippen LogP contribution in [0.1, 0.15) is 5.69 Å². The number of hydrogen-bond acceptors (Lipinski definition) is 2. The van der Waals surface area contributed by atoms with Crippen LogP contribution >= 0.6 is 0 Å². The molecule has 0 fully saturated rings. The van der Waals surface area contributed by atoms with E-state index in [0.717, 1.165) is 5.69 Å². The molecular weight excluding hydrogens is 116 g/mol. The van der Waals surface area contributed by atoms with Gasteiger partial charge in [0.05, 0.1) is 11.9 Å². The first-order valence-electron chi connectivity index (χ1n) is 2.69. The first-order valence-corrected chi connectivity index (χ1v) is 2.69. The van der Waals surface area contributed by atoms with E-state index in [-0.39, 0.29) is 5.56 Å². The molecule has 3 nitrogen and oxygen atoms in total. The summed E-state index contributed by atoms with van der Waals surface area (Å²) in [5.74, 6) is 0. The van der Waals surface area contributed by atoms with E-state index in [4.69, 9.17) is 0 Å². The Morgan fingerprint density at radius 1 is 1.67 bits per heavy atom. The van der Waals surface area contributed by atoms with Crippen molar-refractivity contribution >= 4 is 0 Å². The highest BCUT2D eigenvalue weighted by Crippen LogP contribution is 1.81. The van der Waals surface area contributed by atoms with Gasteiger partial charge >= 0.3 is 0 Å². The van der Waals surface area contributed by atoms with Crippen molar-refractivity contribution < 1.29 is 0 Å². The smallest absolute Gasteiger partial charge is 0.268 e. The monoisotopic (exact) mass is 124 g/mol. The number of aromatic nitrogens is 2. The lowest BCUT2D eigenvalue weighted by Crippen LogP contribution is -2.15. The van der Waals surface area contributed by atoms with Crippen LogP contribution in [-0.4, -0.2) is 9.55 Å². The van der Waals surface area contributed by atoms with Crippen LogP contribution in [0.25, 0.3) is 0 Å². The molecule has 0 radical (unpaired) electrons. The second-order valence-electron chi connectivity index (χ2n) is 1.98. The van der Waals surface area contributed by atoms with Crippen LogP contribution in [0.3, 0.4) is 0 Å². The van der Waals surface area contributed by atoms with Gasteiger partial charge in [0.1, 0.15) is 0 Å². The Kier molecular flexibility index (Phi) is 1.34. The maximum atomic E-state index is 10.7. The Balaban J connectivity index is 3.34. The largest absolute Gasteiger partial charge is 0.315 e. The molecule has 0 atom stereocenters. The van der Waals surface area contributed by atoms with Gasteiger partial charge in [0.25, 0.3) is 5.56 Å². The van der Waals surface area contributed by atoms with Gasteiger partial charge in [-0.05, 0) is 6.92 Å². The van der Waals surface area contributed by atoms with Crippen LogP contribution < -0.4 is 5.56 Å². The zero-order chi connectivity index (χ0) is 6.85. The second kappa shape index (κ2) is 2.01. The van der Waals surface area contributed by atoms with E-state index < -0.39 is 0 Å². The molecule has 0 saturated heterocycles. The highest BCUT2D eigenvalue weighted by atomic mass is 16.1. The number of hydrogen-bond donors (Lipinski definition) is 0. The Morgan fingerprint density at radius 2 is 2.33 bits per heavy atom. The van der Waals surface area contributed by atoms with E-state index in [1.807, 2.05) is 6.92 Å². The second-order valence-corrected chi connectivity index (χ2v) is 1.98. The fourth-order valence-electron chi connectivity index (χ4n) is 0.625. The Bertz CT molecular complexity index is 264. The Morgan fingerprint density at radius 3 is 2.78 bits per heavy atom. The summed E-state index contributed by atoms with van der Waals surface area (Å²) in [7, 11) is 1.71. The molecular formula is C6H8N2O. The molecule has 3 heteroatoms. The molecule has 48 valence electrons. The van der Waals surface area contributed by atoms with Crippen molar-refractivity contribution in [3.8, 4) is 0 Å². The minimum atomic E-state index is -0.0689. The lowest BCUT2D eigenvalue weighted by Gasteiger charge is -1.94. The van der Waals surface area contributed by atoms with Crippen molar-refractivity contribution in [3.63, 3.8) is 0 Å². The summed E-state index contributed by atoms with van der Waals surface area (Å²) in [5.41, 5.74) is 0.790. The Hall–Kier alpha value is -1.12. The predicted octanol–water partition coefficient (Wildman–Crippen LogP) is 0.0887. The zero-order valence-electron chi connectivity index (χ0n) is 5.46. The van der Waals surface area contributed by atoms with Crippen LogP contribution in [0.2, 0.25) is 0 Å². The van der Waals surface area contributed by atoms with Crippen LogP contribution in [0, 0.1) is 6.92 Å². The third kappa shape index (κ3) is 1.16. The third-order valence-electron chi connectivity index (χ3n) is 1.11. The van der Waals surface area contributed by atoms with Crippen molar-refractivity contribution in [3.05, 3.63) is 28.4 Å². The first-order chi connectivity index (χ1) is 4.20. The van der Waals surface area contributed by atoms with Crippen LogP contribution in [0.4, 0.5) is 0 Å². The van der Waals surface area contributed by atoms with Crippen LogP contribution in [0.5, 0.6) is 0 Å². The average Bonchev–Trinajstić information content (AvgIpc) is 1.80. The Labute approximate surface area is 53.0 Å². The van der Waals surface area contributed by atoms with E-state index in [1.54, 1.807) is 13.2 Å². The molecule has 0 aromatic carbocycles. The van der Waals surface area contributed by atoms with Crippen LogP contribution in [0.15, 0.2) is 17.2 Å². The van der Waals surface area contributed by atoms with Gasteiger partial charge in [-0.1, -0.05) is 0 Å². The van der Waals surface area contributed by atoms with Gasteiger partial charge in [-0.15, -0.1) is 0 Å². The molecule has 0 spiro atoms. The summed E-state index contributed by atoms with van der Waals surface area (Å²) in [6, 6.07) is 0. The van der Waals surface area contributed by atoms with E-state index in [1.165, 1.54) is 10.8 Å². The molecule has 0 aliphatic rings. The van der Waals surface area contributed by atoms with Crippen LogP contribution in [-0.2, 0) is 7.05 Å². The van der Waals surface area contributed by atoms with Gasteiger partial charge in [0, 0.05) is 13.2 Å². The summed E-state index contributed by atoms with van der Waals surface area (Å²) in [6.45, 7) is 1.85. The van der Waals surface area contributed by atoms with Crippen molar-refractivity contribution in [2.75, 3.05) is 0 Å². The summed E-state index contributed by atoms with van der Waals surface area (Å²) in [5, 5.41) is 0. The quantitative estimate of drug-likeness (QED) is 0.491. The molecule has 0 bridgehead atoms. The molecule has 1 aromatic heterocycles. The molecule has 9 heavy (non-hydrogen) atoms. The van der Waals surface area contributed by atoms with Gasteiger partial charge in [0.15, 0.2) is 0 Å². The van der Waals surface area contributed by atoms with Gasteiger partial charge in [-0.3, -0.25) is 9.78 Å². The predicted molar refractivity (Wildman–Crippen MR) is 34.2 cm³/mol. The SMILES string of the molecule is Cc1cn(C)c(=O)cn1.